The molecule has 0 aromatic heterocycles. The van der Waals surface area contributed by atoms with Gasteiger partial charge in [0.05, 0.1) is 0 Å². The van der Waals surface area contributed by atoms with Crippen molar-refractivity contribution in [2.24, 2.45) is 0 Å². The maximum atomic E-state index is 11.6. The van der Waals surface area contributed by atoms with E-state index in [9.17, 15) is 18.1 Å². The highest BCUT2D eigenvalue weighted by Crippen LogP contribution is 2.35. The van der Waals surface area contributed by atoms with E-state index in [1.165, 1.54) is 69.6 Å². The standard InChI is InChI=1S/C24H34O5S/c1-2-3-4-5-6-7-8-9-10-11-15-20-21(25)16-14-18-22(20)29-23-17-12-13-19-24(23)30(26,27)28/h12-14,16-19,25H,2-11,15H2,1H3,(H,26,27,28). The normalized spacial score (nSPS) is 11.5. The molecule has 2 aromatic rings. The summed E-state index contributed by atoms with van der Waals surface area (Å²) >= 11 is 0. The summed E-state index contributed by atoms with van der Waals surface area (Å²) in [6.07, 6.45) is 12.9. The molecule has 30 heavy (non-hydrogen) atoms. The second-order valence-electron chi connectivity index (χ2n) is 7.71. The third-order valence-electron chi connectivity index (χ3n) is 5.24. The summed E-state index contributed by atoms with van der Waals surface area (Å²) in [5.41, 5.74) is 0.655. The van der Waals surface area contributed by atoms with E-state index in [4.69, 9.17) is 4.74 Å². The first-order valence-electron chi connectivity index (χ1n) is 11.0. The van der Waals surface area contributed by atoms with E-state index in [0.717, 1.165) is 12.8 Å². The van der Waals surface area contributed by atoms with Crippen LogP contribution >= 0.6 is 0 Å². The Balaban J connectivity index is 1.89. The second kappa shape index (κ2) is 12.6. The monoisotopic (exact) mass is 434 g/mol. The smallest absolute Gasteiger partial charge is 0.298 e. The number of para-hydroxylation sites is 1. The molecule has 0 radical (unpaired) electrons. The molecule has 2 rings (SSSR count). The number of rotatable bonds is 14. The van der Waals surface area contributed by atoms with Crippen LogP contribution in [0.15, 0.2) is 47.4 Å². The Bertz CT molecular complexity index is 877. The molecule has 166 valence electrons. The third kappa shape index (κ3) is 8.00. The minimum Gasteiger partial charge on any atom is -0.508 e. The van der Waals surface area contributed by atoms with Crippen molar-refractivity contribution >= 4 is 10.1 Å². The van der Waals surface area contributed by atoms with Gasteiger partial charge in [0, 0.05) is 5.56 Å². The Kier molecular flexibility index (Phi) is 10.2. The third-order valence-corrected chi connectivity index (χ3v) is 6.13. The topological polar surface area (TPSA) is 83.8 Å². The molecule has 0 amide bonds. The lowest BCUT2D eigenvalue weighted by Gasteiger charge is -2.14. The Morgan fingerprint density at radius 1 is 0.767 bits per heavy atom. The summed E-state index contributed by atoms with van der Waals surface area (Å²) in [6, 6.07) is 10.9. The van der Waals surface area contributed by atoms with Gasteiger partial charge in [0.25, 0.3) is 10.1 Å². The number of benzene rings is 2. The highest BCUT2D eigenvalue weighted by Gasteiger charge is 2.18. The molecule has 0 saturated heterocycles. The van der Waals surface area contributed by atoms with Crippen molar-refractivity contribution in [3.05, 3.63) is 48.0 Å². The van der Waals surface area contributed by atoms with Gasteiger partial charge in [-0.3, -0.25) is 4.55 Å². The minimum atomic E-state index is -4.40. The molecule has 0 unspecified atom stereocenters. The van der Waals surface area contributed by atoms with E-state index in [1.807, 2.05) is 0 Å². The first kappa shape index (κ1) is 24.2. The Morgan fingerprint density at radius 2 is 1.33 bits per heavy atom. The molecule has 0 aliphatic rings. The van der Waals surface area contributed by atoms with Gasteiger partial charge in [-0.2, -0.15) is 8.42 Å². The van der Waals surface area contributed by atoms with E-state index in [2.05, 4.69) is 6.92 Å². The van der Waals surface area contributed by atoms with Crippen LogP contribution < -0.4 is 4.74 Å². The van der Waals surface area contributed by atoms with Crippen molar-refractivity contribution in [1.82, 2.24) is 0 Å². The van der Waals surface area contributed by atoms with Crippen LogP contribution in [0.4, 0.5) is 0 Å². The van der Waals surface area contributed by atoms with Gasteiger partial charge in [-0.05, 0) is 37.1 Å². The van der Waals surface area contributed by atoms with Crippen LogP contribution in [0.25, 0.3) is 0 Å². The summed E-state index contributed by atoms with van der Waals surface area (Å²) in [5, 5.41) is 10.3. The SMILES string of the molecule is CCCCCCCCCCCCc1c(O)cccc1Oc1ccccc1S(=O)(=O)O. The van der Waals surface area contributed by atoms with Gasteiger partial charge < -0.3 is 9.84 Å². The van der Waals surface area contributed by atoms with Crippen molar-refractivity contribution in [3.8, 4) is 17.2 Å². The molecular weight excluding hydrogens is 400 g/mol. The average molecular weight is 435 g/mol. The van der Waals surface area contributed by atoms with Crippen LogP contribution in [-0.2, 0) is 16.5 Å². The first-order valence-corrected chi connectivity index (χ1v) is 12.4. The molecule has 0 atom stereocenters. The fourth-order valence-corrected chi connectivity index (χ4v) is 4.17. The summed E-state index contributed by atoms with van der Waals surface area (Å²) in [7, 11) is -4.40. The molecule has 0 spiro atoms. The zero-order chi connectivity index (χ0) is 21.8. The largest absolute Gasteiger partial charge is 0.508 e. The van der Waals surface area contributed by atoms with Gasteiger partial charge in [-0.15, -0.1) is 0 Å². The van der Waals surface area contributed by atoms with Gasteiger partial charge in [0.2, 0.25) is 0 Å². The molecule has 2 N–H and O–H groups in total. The summed E-state index contributed by atoms with van der Waals surface area (Å²) in [4.78, 5) is -0.293. The molecule has 2 aromatic carbocycles. The molecule has 6 heteroatoms. The van der Waals surface area contributed by atoms with E-state index in [0.29, 0.717) is 17.7 Å². The van der Waals surface area contributed by atoms with Crippen molar-refractivity contribution in [3.63, 3.8) is 0 Å². The van der Waals surface area contributed by atoms with Gasteiger partial charge in [0.1, 0.15) is 22.1 Å². The predicted molar refractivity (Wildman–Crippen MR) is 120 cm³/mol. The van der Waals surface area contributed by atoms with Crippen LogP contribution in [0.3, 0.4) is 0 Å². The Morgan fingerprint density at radius 3 is 1.97 bits per heavy atom. The fourth-order valence-electron chi connectivity index (χ4n) is 3.56. The van der Waals surface area contributed by atoms with Crippen molar-refractivity contribution in [2.75, 3.05) is 0 Å². The molecule has 0 aliphatic heterocycles. The molecular formula is C24H34O5S. The van der Waals surface area contributed by atoms with E-state index in [-0.39, 0.29) is 16.4 Å². The Labute approximate surface area is 180 Å². The molecule has 0 bridgehead atoms. The minimum absolute atomic E-state index is 0.0370. The number of hydrogen-bond donors (Lipinski definition) is 2. The van der Waals surface area contributed by atoms with Gasteiger partial charge in [0.15, 0.2) is 0 Å². The lowest BCUT2D eigenvalue weighted by Crippen LogP contribution is -2.02. The number of phenolic OH excluding ortho intramolecular Hbond substituents is 1. The quantitative estimate of drug-likeness (QED) is 0.250. The number of unbranched alkanes of at least 4 members (excludes halogenated alkanes) is 9. The second-order valence-corrected chi connectivity index (χ2v) is 9.10. The van der Waals surface area contributed by atoms with E-state index >= 15 is 0 Å². The van der Waals surface area contributed by atoms with E-state index in [1.54, 1.807) is 24.3 Å². The molecule has 5 nitrogen and oxygen atoms in total. The van der Waals surface area contributed by atoms with Gasteiger partial charge in [-0.1, -0.05) is 82.9 Å². The maximum absolute atomic E-state index is 11.6. The summed E-state index contributed by atoms with van der Waals surface area (Å²) < 4.78 is 38.4. The Hall–Kier alpha value is -2.05. The lowest BCUT2D eigenvalue weighted by atomic mass is 10.0. The molecule has 0 heterocycles. The first-order chi connectivity index (χ1) is 14.4. The number of aromatic hydroxyl groups is 1. The zero-order valence-electron chi connectivity index (χ0n) is 17.8. The zero-order valence-corrected chi connectivity index (χ0v) is 18.7. The van der Waals surface area contributed by atoms with Crippen LogP contribution in [0.5, 0.6) is 17.2 Å². The van der Waals surface area contributed by atoms with Crippen LogP contribution in [0.2, 0.25) is 0 Å². The van der Waals surface area contributed by atoms with Crippen LogP contribution in [0, 0.1) is 0 Å². The predicted octanol–water partition coefficient (Wildman–Crippen LogP) is 6.89. The van der Waals surface area contributed by atoms with Gasteiger partial charge in [-0.25, -0.2) is 0 Å². The van der Waals surface area contributed by atoms with Crippen LogP contribution in [0.1, 0.15) is 76.7 Å². The number of phenols is 1. The molecule has 0 saturated carbocycles. The van der Waals surface area contributed by atoms with E-state index < -0.39 is 10.1 Å². The highest BCUT2D eigenvalue weighted by atomic mass is 32.2. The summed E-state index contributed by atoms with van der Waals surface area (Å²) in [6.45, 7) is 2.23. The maximum Gasteiger partial charge on any atom is 0.298 e. The number of ether oxygens (including phenoxy) is 1. The lowest BCUT2D eigenvalue weighted by molar-refractivity contribution is 0.429. The van der Waals surface area contributed by atoms with Crippen molar-refractivity contribution in [2.45, 2.75) is 82.4 Å². The highest BCUT2D eigenvalue weighted by molar-refractivity contribution is 7.86. The summed E-state index contributed by atoms with van der Waals surface area (Å²) in [5.74, 6) is 0.574. The molecule has 0 aliphatic carbocycles. The average Bonchev–Trinajstić information content (AvgIpc) is 2.71. The van der Waals surface area contributed by atoms with Gasteiger partial charge >= 0.3 is 0 Å². The number of hydrogen-bond acceptors (Lipinski definition) is 4. The van der Waals surface area contributed by atoms with Crippen LogP contribution in [-0.4, -0.2) is 18.1 Å². The molecule has 0 fully saturated rings. The fraction of sp³-hybridized carbons (Fsp3) is 0.500. The van der Waals surface area contributed by atoms with Crippen molar-refractivity contribution < 1.29 is 22.8 Å². The van der Waals surface area contributed by atoms with Crippen molar-refractivity contribution in [1.29, 1.82) is 0 Å².